The van der Waals surface area contributed by atoms with Crippen LogP contribution in [-0.2, 0) is 9.53 Å². The van der Waals surface area contributed by atoms with Crippen LogP contribution in [0, 0.1) is 11.8 Å². The van der Waals surface area contributed by atoms with E-state index in [4.69, 9.17) is 15.2 Å². The highest BCUT2D eigenvalue weighted by molar-refractivity contribution is 6.12. The van der Waals surface area contributed by atoms with E-state index in [1.165, 1.54) is 12.6 Å². The maximum Gasteiger partial charge on any atom is 0.252 e. The predicted octanol–water partition coefficient (Wildman–Crippen LogP) is 4.05. The molecule has 1 aromatic heterocycles. The van der Waals surface area contributed by atoms with Crippen molar-refractivity contribution >= 4 is 47.0 Å². The lowest BCUT2D eigenvalue weighted by Gasteiger charge is -2.26. The number of nitrogens with one attached hydrogen (secondary N) is 2. The fourth-order valence-electron chi connectivity index (χ4n) is 5.86. The maximum absolute atomic E-state index is 12.2. The molecule has 0 bridgehead atoms. The second-order valence-corrected chi connectivity index (χ2v) is 10.6. The van der Waals surface area contributed by atoms with Crippen molar-refractivity contribution in [3.8, 4) is 5.75 Å². The van der Waals surface area contributed by atoms with Crippen LogP contribution in [0.1, 0.15) is 60.9 Å². The first-order chi connectivity index (χ1) is 19.0. The molecule has 0 radical (unpaired) electrons. The van der Waals surface area contributed by atoms with Gasteiger partial charge < -0.3 is 25.8 Å². The average Bonchev–Trinajstić information content (AvgIpc) is 3.30. The minimum absolute atomic E-state index is 0.0267. The third-order valence-electron chi connectivity index (χ3n) is 8.03. The van der Waals surface area contributed by atoms with Crippen LogP contribution < -0.4 is 21.1 Å². The van der Waals surface area contributed by atoms with E-state index in [2.05, 4.69) is 26.9 Å². The summed E-state index contributed by atoms with van der Waals surface area (Å²) < 4.78 is 13.9. The molecule has 2 amide bonds. The zero-order valence-electron chi connectivity index (χ0n) is 22.0. The fraction of sp³-hybridized carbons (Fsp3) is 0.414. The van der Waals surface area contributed by atoms with Crippen LogP contribution in [0.15, 0.2) is 41.8 Å². The Morgan fingerprint density at radius 2 is 2.05 bits per heavy atom. The van der Waals surface area contributed by atoms with Gasteiger partial charge in [0.05, 0.1) is 41.1 Å². The van der Waals surface area contributed by atoms with E-state index >= 15 is 0 Å². The normalized spacial score (nSPS) is 24.8. The Bertz CT molecular complexity index is 1400. The Morgan fingerprint density at radius 1 is 1.21 bits per heavy atom. The number of hydrazone groups is 1. The molecule has 1 saturated heterocycles. The van der Waals surface area contributed by atoms with Gasteiger partial charge in [0.15, 0.2) is 6.21 Å². The van der Waals surface area contributed by atoms with E-state index in [0.717, 1.165) is 56.3 Å². The van der Waals surface area contributed by atoms with Gasteiger partial charge in [-0.2, -0.15) is 0 Å². The van der Waals surface area contributed by atoms with Gasteiger partial charge >= 0.3 is 0 Å². The Hall–Kier alpha value is -4.05. The van der Waals surface area contributed by atoms with Crippen molar-refractivity contribution in [3.05, 3.63) is 47.8 Å². The van der Waals surface area contributed by atoms with Crippen LogP contribution in [-0.4, -0.2) is 53.2 Å². The minimum Gasteiger partial charge on any atom is -0.494 e. The number of carbonyl (C=O) groups excluding carboxylic acids is 2. The number of carbonyl (C=O) groups is 2. The summed E-state index contributed by atoms with van der Waals surface area (Å²) in [4.78, 5) is 28.6. The Labute approximate surface area is 227 Å². The predicted molar refractivity (Wildman–Crippen MR) is 148 cm³/mol. The van der Waals surface area contributed by atoms with Gasteiger partial charge in [0.2, 0.25) is 12.1 Å². The van der Waals surface area contributed by atoms with E-state index in [9.17, 15) is 9.59 Å². The first kappa shape index (κ1) is 25.2. The second-order valence-electron chi connectivity index (χ2n) is 10.6. The largest absolute Gasteiger partial charge is 0.494 e. The maximum atomic E-state index is 12.2. The highest BCUT2D eigenvalue weighted by Crippen LogP contribution is 2.45. The molecule has 2 atom stereocenters. The molecule has 202 valence electrons. The van der Waals surface area contributed by atoms with Crippen molar-refractivity contribution in [2.24, 2.45) is 22.7 Å². The number of amides is 2. The second kappa shape index (κ2) is 10.3. The number of hydrogen-bond acceptors (Lipinski definition) is 7. The quantitative estimate of drug-likeness (QED) is 0.442. The Kier molecular flexibility index (Phi) is 6.64. The van der Waals surface area contributed by atoms with Gasteiger partial charge in [-0.05, 0) is 56.1 Å². The Balaban J connectivity index is 1.28. The van der Waals surface area contributed by atoms with Gasteiger partial charge in [-0.15, -0.1) is 0 Å². The lowest BCUT2D eigenvalue weighted by atomic mass is 9.89. The van der Waals surface area contributed by atoms with Gasteiger partial charge in [-0.3, -0.25) is 9.59 Å². The van der Waals surface area contributed by atoms with Crippen molar-refractivity contribution in [2.75, 3.05) is 24.4 Å². The molecule has 3 heterocycles. The molecule has 3 fully saturated rings. The number of rotatable bonds is 8. The number of hydrogen-bond donors (Lipinski definition) is 3. The monoisotopic (exact) mass is 529 g/mol. The zero-order chi connectivity index (χ0) is 27.0. The molecule has 10 heteroatoms. The van der Waals surface area contributed by atoms with E-state index in [0.29, 0.717) is 28.9 Å². The number of pyridine rings is 1. The molecular formula is C29H33N6O4+. The molecular weight excluding hydrogens is 496 g/mol. The number of ether oxygens (including phenoxy) is 2. The molecule has 2 aliphatic heterocycles. The lowest BCUT2D eigenvalue weighted by molar-refractivity contribution is -0.455. The summed E-state index contributed by atoms with van der Waals surface area (Å²) in [5.74, 6) is 0.603. The van der Waals surface area contributed by atoms with Crippen LogP contribution in [0.3, 0.4) is 0 Å². The molecule has 4 N–H and O–H groups in total. The summed E-state index contributed by atoms with van der Waals surface area (Å²) in [6.07, 6.45) is 14.7. The molecule has 1 aromatic carbocycles. The van der Waals surface area contributed by atoms with Gasteiger partial charge in [-0.1, -0.05) is 16.8 Å². The van der Waals surface area contributed by atoms with Crippen molar-refractivity contribution in [1.29, 1.82) is 0 Å². The van der Waals surface area contributed by atoms with E-state index in [1.807, 2.05) is 35.3 Å². The summed E-state index contributed by atoms with van der Waals surface area (Å²) in [6.45, 7) is 0.842. The molecule has 6 rings (SSSR count). The molecule has 2 aliphatic carbocycles. The number of aromatic nitrogens is 1. The Morgan fingerprint density at radius 3 is 2.79 bits per heavy atom. The molecule has 1 unspecified atom stereocenters. The fourth-order valence-corrected chi connectivity index (χ4v) is 5.86. The number of para-hydroxylation sites is 1. The number of allylic oxidation sites excluding steroid dienone is 1. The molecule has 1 spiro atoms. The number of methoxy groups -OCH3 is 1. The zero-order valence-corrected chi connectivity index (χ0v) is 22.0. The van der Waals surface area contributed by atoms with Crippen molar-refractivity contribution in [1.82, 2.24) is 4.98 Å². The smallest absolute Gasteiger partial charge is 0.252 e. The summed E-state index contributed by atoms with van der Waals surface area (Å²) in [5.41, 5.74) is 8.59. The van der Waals surface area contributed by atoms with Gasteiger partial charge in [-0.25, -0.2) is 4.98 Å². The molecule has 10 nitrogen and oxygen atoms in total. The van der Waals surface area contributed by atoms with Crippen LogP contribution in [0.2, 0.25) is 0 Å². The molecule has 2 saturated carbocycles. The molecule has 4 aliphatic rings. The first-order valence-electron chi connectivity index (χ1n) is 13.5. The van der Waals surface area contributed by atoms with Gasteiger partial charge in [0.25, 0.3) is 5.91 Å². The average molecular weight is 530 g/mol. The third kappa shape index (κ3) is 5.04. The molecule has 39 heavy (non-hydrogen) atoms. The highest BCUT2D eigenvalue weighted by atomic mass is 16.5. The van der Waals surface area contributed by atoms with E-state index < -0.39 is 5.91 Å². The van der Waals surface area contributed by atoms with E-state index in [1.54, 1.807) is 13.2 Å². The van der Waals surface area contributed by atoms with Gasteiger partial charge in [0.1, 0.15) is 17.8 Å². The van der Waals surface area contributed by atoms with Crippen molar-refractivity contribution in [3.63, 3.8) is 0 Å². The van der Waals surface area contributed by atoms with Crippen LogP contribution in [0.25, 0.3) is 5.57 Å². The van der Waals surface area contributed by atoms with Crippen LogP contribution >= 0.6 is 0 Å². The lowest BCUT2D eigenvalue weighted by Crippen LogP contribution is -2.34. The number of nitrogens with zero attached hydrogens (tertiary/aromatic N) is 3. The SMILES string of the molecule is COc1c(Nc2cc(NC(=O)C3CC3)ncc2C(N)=O)cccc1C1=C/[N+](=C/C2CCC[C@]23CCCO3)N=C1. The van der Waals surface area contributed by atoms with Crippen molar-refractivity contribution in [2.45, 2.75) is 50.5 Å². The third-order valence-corrected chi connectivity index (χ3v) is 8.03. The minimum atomic E-state index is -0.632. The number of anilines is 3. The summed E-state index contributed by atoms with van der Waals surface area (Å²) in [6, 6.07) is 7.33. The van der Waals surface area contributed by atoms with Crippen LogP contribution in [0.4, 0.5) is 17.2 Å². The standard InChI is InChI=1S/C29H32N6O4/c1-38-26-21(19-14-32-35(16-19)17-20-5-3-10-29(20)11-4-12-39-29)6-2-7-23(26)33-24-13-25(31-15-22(24)27(30)36)34-28(37)18-8-9-18/h2,6-7,13-18,20H,3-5,8-12H2,1H3,(H3-,30,31,33,34,36,37)/p+1/b35-17-/t20?,29-/m0/s1. The number of benzene rings is 1. The number of primary amides is 1. The van der Waals surface area contributed by atoms with Gasteiger partial charge in [0, 0.05) is 30.4 Å². The van der Waals surface area contributed by atoms with E-state index in [-0.39, 0.29) is 23.0 Å². The topological polar surface area (TPSA) is 131 Å². The van der Waals surface area contributed by atoms with Crippen LogP contribution in [0.5, 0.6) is 5.75 Å². The first-order valence-corrected chi connectivity index (χ1v) is 13.5. The summed E-state index contributed by atoms with van der Waals surface area (Å²) >= 11 is 0. The summed E-state index contributed by atoms with van der Waals surface area (Å²) in [7, 11) is 1.60. The number of nitrogens with two attached hydrogens (primary N) is 1. The van der Waals surface area contributed by atoms with Crippen molar-refractivity contribution < 1.29 is 23.7 Å². The highest BCUT2D eigenvalue weighted by Gasteiger charge is 2.47. The molecule has 2 aromatic rings. The summed E-state index contributed by atoms with van der Waals surface area (Å²) in [5, 5.41) is 10.7.